The number of aromatic nitrogens is 1. The molecule has 0 spiro atoms. The molecule has 0 unspecified atom stereocenters. The van der Waals surface area contributed by atoms with Crippen LogP contribution in [0, 0.1) is 0 Å². The van der Waals surface area contributed by atoms with E-state index in [0.29, 0.717) is 0 Å². The van der Waals surface area contributed by atoms with Crippen molar-refractivity contribution in [2.45, 2.75) is 0 Å². The zero-order valence-electron chi connectivity index (χ0n) is 8.57. The number of rotatable bonds is 1. The van der Waals surface area contributed by atoms with Gasteiger partial charge in [0.25, 0.3) is 0 Å². The van der Waals surface area contributed by atoms with Crippen molar-refractivity contribution >= 4 is 22.5 Å². The van der Waals surface area contributed by atoms with E-state index in [1.54, 1.807) is 0 Å². The molecule has 0 saturated carbocycles. The first kappa shape index (κ1) is 9.49. The van der Waals surface area contributed by atoms with Crippen LogP contribution in [0.25, 0.3) is 22.0 Å². The van der Waals surface area contributed by atoms with Gasteiger partial charge < -0.3 is 4.98 Å². The molecule has 2 aromatic carbocycles. The van der Waals surface area contributed by atoms with E-state index in [4.69, 9.17) is 11.6 Å². The van der Waals surface area contributed by atoms with E-state index < -0.39 is 0 Å². The van der Waals surface area contributed by atoms with Crippen molar-refractivity contribution in [1.82, 2.24) is 4.98 Å². The first-order chi connectivity index (χ1) is 7.86. The number of hydrogen-bond acceptors (Lipinski definition) is 0. The van der Waals surface area contributed by atoms with Crippen LogP contribution in [-0.2, 0) is 0 Å². The molecule has 78 valence electrons. The van der Waals surface area contributed by atoms with Gasteiger partial charge >= 0.3 is 0 Å². The molecule has 3 aromatic rings. The summed E-state index contributed by atoms with van der Waals surface area (Å²) in [5.41, 5.74) is 3.31. The summed E-state index contributed by atoms with van der Waals surface area (Å²) >= 11 is 6.27. The minimum absolute atomic E-state index is 0.779. The quantitative estimate of drug-likeness (QED) is 0.631. The second-order valence-electron chi connectivity index (χ2n) is 3.73. The van der Waals surface area contributed by atoms with E-state index >= 15 is 0 Å². The SMILES string of the molecule is Clc1ccc2cc[nH]c2c1-c1ccccc1. The van der Waals surface area contributed by atoms with Crippen LogP contribution in [0.1, 0.15) is 0 Å². The summed E-state index contributed by atoms with van der Waals surface area (Å²) in [4.78, 5) is 3.24. The minimum Gasteiger partial charge on any atom is -0.361 e. The molecule has 1 nitrogen and oxygen atoms in total. The van der Waals surface area contributed by atoms with Gasteiger partial charge in [-0.25, -0.2) is 0 Å². The number of halogens is 1. The summed E-state index contributed by atoms with van der Waals surface area (Å²) in [6.07, 6.45) is 1.94. The molecule has 0 atom stereocenters. The van der Waals surface area contributed by atoms with Gasteiger partial charge in [0.05, 0.1) is 10.5 Å². The second-order valence-corrected chi connectivity index (χ2v) is 4.14. The lowest BCUT2D eigenvalue weighted by Crippen LogP contribution is -1.81. The Morgan fingerprint density at radius 3 is 2.50 bits per heavy atom. The van der Waals surface area contributed by atoms with Crippen molar-refractivity contribution in [1.29, 1.82) is 0 Å². The third-order valence-electron chi connectivity index (χ3n) is 2.74. The maximum Gasteiger partial charge on any atom is 0.0548 e. The standard InChI is InChI=1S/C14H10ClN/c15-12-7-6-11-8-9-16-14(11)13(12)10-4-2-1-3-5-10/h1-9,16H. The first-order valence-electron chi connectivity index (χ1n) is 5.17. The van der Waals surface area contributed by atoms with E-state index in [1.165, 1.54) is 5.39 Å². The summed E-state index contributed by atoms with van der Waals surface area (Å²) in [6.45, 7) is 0. The predicted molar refractivity (Wildman–Crippen MR) is 68.7 cm³/mol. The fraction of sp³-hybridized carbons (Fsp3) is 0. The maximum atomic E-state index is 6.27. The Balaban J connectivity index is 2.38. The number of fused-ring (bicyclic) bond motifs is 1. The van der Waals surface area contributed by atoms with E-state index in [2.05, 4.69) is 23.2 Å². The molecule has 0 aliphatic heterocycles. The minimum atomic E-state index is 0.779. The molecule has 0 amide bonds. The highest BCUT2D eigenvalue weighted by Crippen LogP contribution is 2.34. The van der Waals surface area contributed by atoms with Gasteiger partial charge in [-0.05, 0) is 17.7 Å². The molecule has 1 aromatic heterocycles. The smallest absolute Gasteiger partial charge is 0.0548 e. The van der Waals surface area contributed by atoms with Crippen molar-refractivity contribution in [3.8, 4) is 11.1 Å². The number of nitrogens with one attached hydrogen (secondary N) is 1. The summed E-state index contributed by atoms with van der Waals surface area (Å²) < 4.78 is 0. The summed E-state index contributed by atoms with van der Waals surface area (Å²) in [5.74, 6) is 0. The van der Waals surface area contributed by atoms with Gasteiger partial charge in [0.2, 0.25) is 0 Å². The Bertz CT molecular complexity index is 626. The van der Waals surface area contributed by atoms with Crippen LogP contribution in [0.3, 0.4) is 0 Å². The normalized spacial score (nSPS) is 10.8. The predicted octanol–water partition coefficient (Wildman–Crippen LogP) is 4.49. The zero-order chi connectivity index (χ0) is 11.0. The van der Waals surface area contributed by atoms with E-state index in [0.717, 1.165) is 21.7 Å². The van der Waals surface area contributed by atoms with Crippen LogP contribution in [0.15, 0.2) is 54.7 Å². The molecular formula is C14H10ClN. The molecule has 1 heterocycles. The summed E-state index contributed by atoms with van der Waals surface area (Å²) in [6, 6.07) is 16.2. The second kappa shape index (κ2) is 3.69. The lowest BCUT2D eigenvalue weighted by atomic mass is 10.0. The molecule has 2 heteroatoms. The Kier molecular flexibility index (Phi) is 2.19. The maximum absolute atomic E-state index is 6.27. The lowest BCUT2D eigenvalue weighted by molar-refractivity contribution is 1.47. The van der Waals surface area contributed by atoms with Crippen molar-refractivity contribution in [3.63, 3.8) is 0 Å². The van der Waals surface area contributed by atoms with Crippen LogP contribution in [0.5, 0.6) is 0 Å². The van der Waals surface area contributed by atoms with Crippen molar-refractivity contribution in [2.75, 3.05) is 0 Å². The highest BCUT2D eigenvalue weighted by Gasteiger charge is 2.08. The molecule has 16 heavy (non-hydrogen) atoms. The fourth-order valence-corrected chi connectivity index (χ4v) is 2.26. The van der Waals surface area contributed by atoms with Gasteiger partial charge in [-0.15, -0.1) is 0 Å². The van der Waals surface area contributed by atoms with Crippen molar-refractivity contribution < 1.29 is 0 Å². The molecule has 0 radical (unpaired) electrons. The van der Waals surface area contributed by atoms with Gasteiger partial charge in [-0.2, -0.15) is 0 Å². The van der Waals surface area contributed by atoms with E-state index in [9.17, 15) is 0 Å². The van der Waals surface area contributed by atoms with Crippen molar-refractivity contribution in [3.05, 3.63) is 59.8 Å². The highest BCUT2D eigenvalue weighted by atomic mass is 35.5. The Morgan fingerprint density at radius 2 is 1.69 bits per heavy atom. The number of aromatic amines is 1. The molecule has 0 aliphatic carbocycles. The van der Waals surface area contributed by atoms with Gasteiger partial charge in [-0.1, -0.05) is 48.0 Å². The molecule has 0 fully saturated rings. The molecule has 3 rings (SSSR count). The molecule has 0 aliphatic rings. The monoisotopic (exact) mass is 227 g/mol. The lowest BCUT2D eigenvalue weighted by Gasteiger charge is -2.06. The first-order valence-corrected chi connectivity index (χ1v) is 5.55. The molecule has 0 bridgehead atoms. The molecular weight excluding hydrogens is 218 g/mol. The van der Waals surface area contributed by atoms with E-state index in [1.807, 2.05) is 36.5 Å². The summed E-state index contributed by atoms with van der Waals surface area (Å²) in [7, 11) is 0. The highest BCUT2D eigenvalue weighted by molar-refractivity contribution is 6.34. The third-order valence-corrected chi connectivity index (χ3v) is 3.05. The van der Waals surface area contributed by atoms with Gasteiger partial charge in [0, 0.05) is 17.1 Å². The van der Waals surface area contributed by atoms with Crippen molar-refractivity contribution in [2.24, 2.45) is 0 Å². The van der Waals surface area contributed by atoms with Crippen LogP contribution >= 0.6 is 11.6 Å². The third kappa shape index (κ3) is 1.41. The Labute approximate surface area is 98.7 Å². The number of hydrogen-bond donors (Lipinski definition) is 1. The Hall–Kier alpha value is -1.73. The largest absolute Gasteiger partial charge is 0.361 e. The van der Waals surface area contributed by atoms with Gasteiger partial charge in [0.15, 0.2) is 0 Å². The number of benzene rings is 2. The van der Waals surface area contributed by atoms with Gasteiger partial charge in [-0.3, -0.25) is 0 Å². The summed E-state index contributed by atoms with van der Waals surface area (Å²) in [5, 5.41) is 1.96. The van der Waals surface area contributed by atoms with Crippen LogP contribution in [0.2, 0.25) is 5.02 Å². The van der Waals surface area contributed by atoms with E-state index in [-0.39, 0.29) is 0 Å². The molecule has 1 N–H and O–H groups in total. The molecule has 0 saturated heterocycles. The Morgan fingerprint density at radius 1 is 0.875 bits per heavy atom. The average Bonchev–Trinajstić information content (AvgIpc) is 2.78. The van der Waals surface area contributed by atoms with Gasteiger partial charge in [0.1, 0.15) is 0 Å². The average molecular weight is 228 g/mol. The fourth-order valence-electron chi connectivity index (χ4n) is 1.99. The van der Waals surface area contributed by atoms with Crippen LogP contribution in [-0.4, -0.2) is 4.98 Å². The zero-order valence-corrected chi connectivity index (χ0v) is 9.33. The van der Waals surface area contributed by atoms with Crippen LogP contribution < -0.4 is 0 Å². The van der Waals surface area contributed by atoms with Crippen LogP contribution in [0.4, 0.5) is 0 Å². The number of H-pyrrole nitrogens is 1. The topological polar surface area (TPSA) is 15.8 Å².